The predicted octanol–water partition coefficient (Wildman–Crippen LogP) is 1.08. The molecule has 6 heteroatoms. The van der Waals surface area contributed by atoms with E-state index >= 15 is 0 Å². The number of carbonyl (C=O) groups excluding carboxylic acids is 1. The molecule has 1 fully saturated rings. The van der Waals surface area contributed by atoms with Gasteiger partial charge in [0.05, 0.1) is 6.20 Å². The molecule has 0 aromatic carbocycles. The van der Waals surface area contributed by atoms with Crippen molar-refractivity contribution in [3.05, 3.63) is 17.5 Å². The molecule has 1 aliphatic carbocycles. The van der Waals surface area contributed by atoms with Gasteiger partial charge in [-0.3, -0.25) is 4.68 Å². The lowest BCUT2D eigenvalue weighted by molar-refractivity contribution is 0.0885. The van der Waals surface area contributed by atoms with Gasteiger partial charge in [0.1, 0.15) is 0 Å². The van der Waals surface area contributed by atoms with E-state index in [1.165, 1.54) is 6.42 Å². The maximum atomic E-state index is 11.8. The van der Waals surface area contributed by atoms with Gasteiger partial charge in [-0.25, -0.2) is 4.79 Å². The third-order valence-electron chi connectivity index (χ3n) is 4.46. The van der Waals surface area contributed by atoms with Crippen LogP contribution in [0.25, 0.3) is 0 Å². The van der Waals surface area contributed by atoms with Crippen LogP contribution in [-0.4, -0.2) is 34.1 Å². The average molecular weight is 280 g/mol. The summed E-state index contributed by atoms with van der Waals surface area (Å²) in [5, 5.41) is 19.0. The van der Waals surface area contributed by atoms with Gasteiger partial charge < -0.3 is 15.7 Å². The fraction of sp³-hybridized carbons (Fsp3) is 0.714. The molecule has 1 aliphatic rings. The summed E-state index contributed by atoms with van der Waals surface area (Å²) in [5.41, 5.74) is 2.20. The van der Waals surface area contributed by atoms with Crippen LogP contribution in [0, 0.1) is 12.3 Å². The Morgan fingerprint density at radius 1 is 1.50 bits per heavy atom. The Labute approximate surface area is 119 Å². The van der Waals surface area contributed by atoms with Gasteiger partial charge in [0.15, 0.2) is 0 Å². The standard InChI is InChI=1S/C14H24N4O2/c1-11-12(9-17-18(11)2)8-15-13(20)16-10-14(6-7-19)4-3-5-14/h9,19H,3-8,10H2,1-2H3,(H2,15,16,20). The smallest absolute Gasteiger partial charge is 0.315 e. The molecule has 1 aromatic rings. The molecule has 0 saturated heterocycles. The Morgan fingerprint density at radius 2 is 2.25 bits per heavy atom. The second kappa shape index (κ2) is 6.26. The first-order valence-electron chi connectivity index (χ1n) is 7.16. The van der Waals surface area contributed by atoms with Gasteiger partial charge in [-0.1, -0.05) is 6.42 Å². The van der Waals surface area contributed by atoms with Crippen LogP contribution in [0.3, 0.4) is 0 Å². The lowest BCUT2D eigenvalue weighted by atomic mass is 9.67. The van der Waals surface area contributed by atoms with Gasteiger partial charge >= 0.3 is 6.03 Å². The number of nitrogens with zero attached hydrogens (tertiary/aromatic N) is 2. The third kappa shape index (κ3) is 3.30. The maximum absolute atomic E-state index is 11.8. The quantitative estimate of drug-likeness (QED) is 0.729. The van der Waals surface area contributed by atoms with E-state index in [0.717, 1.165) is 30.5 Å². The number of urea groups is 1. The number of aryl methyl sites for hydroxylation is 1. The Morgan fingerprint density at radius 3 is 2.75 bits per heavy atom. The molecule has 0 atom stereocenters. The van der Waals surface area contributed by atoms with Crippen molar-refractivity contribution in [2.24, 2.45) is 12.5 Å². The largest absolute Gasteiger partial charge is 0.396 e. The van der Waals surface area contributed by atoms with Crippen molar-refractivity contribution in [1.82, 2.24) is 20.4 Å². The van der Waals surface area contributed by atoms with Crippen LogP contribution >= 0.6 is 0 Å². The fourth-order valence-electron chi connectivity index (χ4n) is 2.65. The summed E-state index contributed by atoms with van der Waals surface area (Å²) >= 11 is 0. The molecule has 0 aliphatic heterocycles. The highest BCUT2D eigenvalue weighted by Gasteiger charge is 2.36. The number of hydrogen-bond donors (Lipinski definition) is 3. The first-order chi connectivity index (χ1) is 9.56. The van der Waals surface area contributed by atoms with Crippen molar-refractivity contribution < 1.29 is 9.90 Å². The first kappa shape index (κ1) is 14.8. The second-order valence-corrected chi connectivity index (χ2v) is 5.74. The summed E-state index contributed by atoms with van der Waals surface area (Å²) in [6, 6.07) is -0.155. The highest BCUT2D eigenvalue weighted by Crippen LogP contribution is 2.43. The third-order valence-corrected chi connectivity index (χ3v) is 4.46. The number of carbonyl (C=O) groups is 1. The molecule has 2 amide bonds. The van der Waals surface area contributed by atoms with Crippen LogP contribution in [0.4, 0.5) is 4.79 Å². The molecular formula is C14H24N4O2. The topological polar surface area (TPSA) is 79.2 Å². The summed E-state index contributed by atoms with van der Waals surface area (Å²) in [6.45, 7) is 3.30. The molecular weight excluding hydrogens is 256 g/mol. The van der Waals surface area contributed by atoms with Crippen molar-refractivity contribution in [2.75, 3.05) is 13.2 Å². The number of rotatable bonds is 6. The Balaban J connectivity index is 1.74. The molecule has 0 unspecified atom stereocenters. The molecule has 1 aromatic heterocycles. The van der Waals surface area contributed by atoms with Crippen molar-refractivity contribution in [2.45, 2.75) is 39.2 Å². The van der Waals surface area contributed by atoms with Gasteiger partial charge in [0.2, 0.25) is 0 Å². The van der Waals surface area contributed by atoms with Crippen LogP contribution < -0.4 is 10.6 Å². The van der Waals surface area contributed by atoms with Gasteiger partial charge in [-0.15, -0.1) is 0 Å². The molecule has 3 N–H and O–H groups in total. The van der Waals surface area contributed by atoms with Crippen LogP contribution in [-0.2, 0) is 13.6 Å². The molecule has 0 spiro atoms. The Bertz CT molecular complexity index is 466. The van der Waals surface area contributed by atoms with E-state index in [2.05, 4.69) is 15.7 Å². The minimum absolute atomic E-state index is 0.121. The Hall–Kier alpha value is -1.56. The zero-order valence-corrected chi connectivity index (χ0v) is 12.3. The number of aliphatic hydroxyl groups excluding tert-OH is 1. The van der Waals surface area contributed by atoms with Gasteiger partial charge in [0.25, 0.3) is 0 Å². The van der Waals surface area contributed by atoms with E-state index in [1.807, 2.05) is 14.0 Å². The maximum Gasteiger partial charge on any atom is 0.315 e. The van der Waals surface area contributed by atoms with Crippen molar-refractivity contribution in [1.29, 1.82) is 0 Å². The molecule has 20 heavy (non-hydrogen) atoms. The van der Waals surface area contributed by atoms with Crippen molar-refractivity contribution in [3.8, 4) is 0 Å². The number of aliphatic hydroxyl groups is 1. The molecule has 1 saturated carbocycles. The van der Waals surface area contributed by atoms with Crippen molar-refractivity contribution >= 4 is 6.03 Å². The molecule has 0 bridgehead atoms. The summed E-state index contributed by atoms with van der Waals surface area (Å²) in [4.78, 5) is 11.8. The minimum atomic E-state index is -0.155. The summed E-state index contributed by atoms with van der Waals surface area (Å²) in [6.07, 6.45) is 5.92. The molecule has 112 valence electrons. The zero-order chi connectivity index (χ0) is 14.6. The summed E-state index contributed by atoms with van der Waals surface area (Å²) < 4.78 is 1.79. The number of amides is 2. The number of nitrogens with one attached hydrogen (secondary N) is 2. The van der Waals surface area contributed by atoms with E-state index in [-0.39, 0.29) is 18.1 Å². The van der Waals surface area contributed by atoms with Crippen LogP contribution in [0.1, 0.15) is 36.9 Å². The molecule has 2 rings (SSSR count). The van der Waals surface area contributed by atoms with Crippen LogP contribution in [0.2, 0.25) is 0 Å². The molecule has 0 radical (unpaired) electrons. The van der Waals surface area contributed by atoms with Gasteiger partial charge in [-0.05, 0) is 31.6 Å². The minimum Gasteiger partial charge on any atom is -0.396 e. The average Bonchev–Trinajstić information content (AvgIpc) is 2.70. The van der Waals surface area contributed by atoms with E-state index < -0.39 is 0 Å². The highest BCUT2D eigenvalue weighted by atomic mass is 16.3. The lowest BCUT2D eigenvalue weighted by Gasteiger charge is -2.41. The van der Waals surface area contributed by atoms with Crippen molar-refractivity contribution in [3.63, 3.8) is 0 Å². The van der Waals surface area contributed by atoms with E-state index in [4.69, 9.17) is 5.11 Å². The van der Waals surface area contributed by atoms with Gasteiger partial charge in [0, 0.05) is 38.0 Å². The van der Waals surface area contributed by atoms with Crippen LogP contribution in [0.5, 0.6) is 0 Å². The number of aromatic nitrogens is 2. The predicted molar refractivity (Wildman–Crippen MR) is 76.2 cm³/mol. The van der Waals surface area contributed by atoms with E-state index in [9.17, 15) is 4.79 Å². The normalized spacial score (nSPS) is 16.6. The highest BCUT2D eigenvalue weighted by molar-refractivity contribution is 5.73. The van der Waals surface area contributed by atoms with Crippen LogP contribution in [0.15, 0.2) is 6.20 Å². The van der Waals surface area contributed by atoms with E-state index in [1.54, 1.807) is 10.9 Å². The molecule has 1 heterocycles. The lowest BCUT2D eigenvalue weighted by Crippen LogP contribution is -2.45. The fourth-order valence-corrected chi connectivity index (χ4v) is 2.65. The first-order valence-corrected chi connectivity index (χ1v) is 7.16. The van der Waals surface area contributed by atoms with E-state index in [0.29, 0.717) is 13.1 Å². The number of hydrogen-bond acceptors (Lipinski definition) is 3. The monoisotopic (exact) mass is 280 g/mol. The SMILES string of the molecule is Cc1c(CNC(=O)NCC2(CCO)CCC2)cnn1C. The second-order valence-electron chi connectivity index (χ2n) is 5.74. The summed E-state index contributed by atoms with van der Waals surface area (Å²) in [5.74, 6) is 0. The van der Waals surface area contributed by atoms with Gasteiger partial charge in [-0.2, -0.15) is 5.10 Å². The Kier molecular flexibility index (Phi) is 4.65. The summed E-state index contributed by atoms with van der Waals surface area (Å²) in [7, 11) is 1.88. The molecule has 6 nitrogen and oxygen atoms in total. The zero-order valence-electron chi connectivity index (χ0n) is 12.3.